The zero-order valence-corrected chi connectivity index (χ0v) is 12.3. The monoisotopic (exact) mass is 354 g/mol. The van der Waals surface area contributed by atoms with Crippen molar-refractivity contribution in [1.82, 2.24) is 0 Å². The molecule has 21 heavy (non-hydrogen) atoms. The fraction of sp³-hybridized carbons (Fsp3) is 0.0625. The molecular formula is C16H10BrF3O. The highest BCUT2D eigenvalue weighted by atomic mass is 79.9. The van der Waals surface area contributed by atoms with Crippen LogP contribution in [0.15, 0.2) is 59.1 Å². The first-order valence-corrected chi connectivity index (χ1v) is 6.81. The number of ketones is 1. The van der Waals surface area contributed by atoms with Crippen LogP contribution in [0.1, 0.15) is 21.5 Å². The lowest BCUT2D eigenvalue weighted by Gasteiger charge is -2.05. The van der Waals surface area contributed by atoms with Crippen molar-refractivity contribution >= 4 is 27.8 Å². The van der Waals surface area contributed by atoms with Gasteiger partial charge in [0.25, 0.3) is 0 Å². The van der Waals surface area contributed by atoms with Crippen molar-refractivity contribution in [3.63, 3.8) is 0 Å². The summed E-state index contributed by atoms with van der Waals surface area (Å²) in [6, 6.07) is 11.5. The molecule has 0 heterocycles. The summed E-state index contributed by atoms with van der Waals surface area (Å²) in [6.45, 7) is 0. The van der Waals surface area contributed by atoms with Gasteiger partial charge < -0.3 is 0 Å². The van der Waals surface area contributed by atoms with E-state index in [9.17, 15) is 18.0 Å². The summed E-state index contributed by atoms with van der Waals surface area (Å²) in [5, 5.41) is 0. The molecule has 0 aliphatic carbocycles. The second kappa shape index (κ2) is 6.26. The van der Waals surface area contributed by atoms with Gasteiger partial charge in [-0.15, -0.1) is 0 Å². The Bertz CT molecular complexity index is 673. The largest absolute Gasteiger partial charge is 0.416 e. The lowest BCUT2D eigenvalue weighted by molar-refractivity contribution is -0.137. The topological polar surface area (TPSA) is 17.1 Å². The lowest BCUT2D eigenvalue weighted by Crippen LogP contribution is -2.04. The lowest BCUT2D eigenvalue weighted by atomic mass is 10.1. The fourth-order valence-electron chi connectivity index (χ4n) is 1.69. The number of rotatable bonds is 3. The van der Waals surface area contributed by atoms with Crippen molar-refractivity contribution in [3.05, 3.63) is 75.8 Å². The average molecular weight is 355 g/mol. The smallest absolute Gasteiger partial charge is 0.289 e. The van der Waals surface area contributed by atoms with E-state index in [-0.39, 0.29) is 5.78 Å². The summed E-state index contributed by atoms with van der Waals surface area (Å²) in [6.07, 6.45) is -1.53. The van der Waals surface area contributed by atoms with Crippen molar-refractivity contribution < 1.29 is 18.0 Å². The van der Waals surface area contributed by atoms with Crippen LogP contribution in [0, 0.1) is 0 Å². The number of alkyl halides is 3. The molecule has 0 radical (unpaired) electrons. The van der Waals surface area contributed by atoms with Crippen molar-refractivity contribution in [2.45, 2.75) is 6.18 Å². The normalized spacial score (nSPS) is 11.8. The van der Waals surface area contributed by atoms with Crippen LogP contribution in [-0.4, -0.2) is 5.78 Å². The van der Waals surface area contributed by atoms with Crippen LogP contribution in [0.25, 0.3) is 6.08 Å². The molecule has 0 fully saturated rings. The van der Waals surface area contributed by atoms with Crippen molar-refractivity contribution in [3.8, 4) is 0 Å². The maximum Gasteiger partial charge on any atom is 0.416 e. The summed E-state index contributed by atoms with van der Waals surface area (Å²) >= 11 is 3.27. The number of hydrogen-bond donors (Lipinski definition) is 0. The Hall–Kier alpha value is -1.88. The molecule has 0 bridgehead atoms. The molecule has 0 spiro atoms. The van der Waals surface area contributed by atoms with Gasteiger partial charge in [0.1, 0.15) is 0 Å². The van der Waals surface area contributed by atoms with E-state index < -0.39 is 11.7 Å². The summed E-state index contributed by atoms with van der Waals surface area (Å²) in [4.78, 5) is 11.9. The van der Waals surface area contributed by atoms with Crippen molar-refractivity contribution in [2.24, 2.45) is 0 Å². The predicted octanol–water partition coefficient (Wildman–Crippen LogP) is 5.36. The van der Waals surface area contributed by atoms with E-state index in [1.807, 2.05) is 0 Å². The summed E-state index contributed by atoms with van der Waals surface area (Å²) in [5.41, 5.74) is 0.330. The van der Waals surface area contributed by atoms with E-state index in [0.717, 1.165) is 16.6 Å². The molecule has 0 aliphatic rings. The van der Waals surface area contributed by atoms with Crippen molar-refractivity contribution in [1.29, 1.82) is 0 Å². The van der Waals surface area contributed by atoms with Crippen LogP contribution in [0.3, 0.4) is 0 Å². The number of halogens is 4. The van der Waals surface area contributed by atoms with Gasteiger partial charge in [0, 0.05) is 10.0 Å². The van der Waals surface area contributed by atoms with E-state index in [4.69, 9.17) is 0 Å². The van der Waals surface area contributed by atoms with Gasteiger partial charge in [0.15, 0.2) is 5.78 Å². The molecule has 0 saturated heterocycles. The van der Waals surface area contributed by atoms with E-state index in [1.54, 1.807) is 24.3 Å². The molecule has 2 aromatic carbocycles. The van der Waals surface area contributed by atoms with E-state index in [1.165, 1.54) is 24.3 Å². The van der Waals surface area contributed by atoms with Gasteiger partial charge in [0.05, 0.1) is 5.56 Å². The average Bonchev–Trinajstić information content (AvgIpc) is 2.44. The third kappa shape index (κ3) is 4.29. The molecule has 2 aromatic rings. The van der Waals surface area contributed by atoms with Gasteiger partial charge in [-0.1, -0.05) is 46.3 Å². The molecule has 0 N–H and O–H groups in total. The van der Waals surface area contributed by atoms with Crippen LogP contribution >= 0.6 is 15.9 Å². The van der Waals surface area contributed by atoms with Gasteiger partial charge in [-0.25, -0.2) is 0 Å². The van der Waals surface area contributed by atoms with Crippen LogP contribution < -0.4 is 0 Å². The standard InChI is InChI=1S/C16H10BrF3O/c17-14-3-1-2-12(10-14)15(21)9-6-11-4-7-13(8-5-11)16(18,19)20/h1-10H. The highest BCUT2D eigenvalue weighted by Gasteiger charge is 2.29. The Morgan fingerprint density at radius 3 is 2.29 bits per heavy atom. The quantitative estimate of drug-likeness (QED) is 0.535. The summed E-state index contributed by atoms with van der Waals surface area (Å²) in [5.74, 6) is -0.212. The number of allylic oxidation sites excluding steroid dienone is 1. The first-order valence-electron chi connectivity index (χ1n) is 6.01. The molecule has 1 nitrogen and oxygen atoms in total. The van der Waals surface area contributed by atoms with Crippen molar-refractivity contribution in [2.75, 3.05) is 0 Å². The molecule has 2 rings (SSSR count). The Balaban J connectivity index is 2.12. The van der Waals surface area contributed by atoms with Gasteiger partial charge >= 0.3 is 6.18 Å². The first kappa shape index (κ1) is 15.5. The Morgan fingerprint density at radius 1 is 1.05 bits per heavy atom. The van der Waals surface area contributed by atoms with Gasteiger partial charge in [-0.05, 0) is 35.9 Å². The maximum atomic E-state index is 12.4. The zero-order valence-electron chi connectivity index (χ0n) is 10.7. The zero-order chi connectivity index (χ0) is 15.5. The van der Waals surface area contributed by atoms with Gasteiger partial charge in [-0.3, -0.25) is 4.79 Å². The first-order chi connectivity index (χ1) is 9.86. The SMILES string of the molecule is O=C(C=Cc1ccc(C(F)(F)F)cc1)c1cccc(Br)c1. The molecule has 0 saturated carbocycles. The highest BCUT2D eigenvalue weighted by Crippen LogP contribution is 2.29. The maximum absolute atomic E-state index is 12.4. The Labute approximate surface area is 128 Å². The number of carbonyl (C=O) groups is 1. The predicted molar refractivity (Wildman–Crippen MR) is 79.0 cm³/mol. The van der Waals surface area contributed by atoms with Crippen LogP contribution in [0.4, 0.5) is 13.2 Å². The van der Waals surface area contributed by atoms with Crippen LogP contribution in [0.2, 0.25) is 0 Å². The van der Waals surface area contributed by atoms with Crippen LogP contribution in [0.5, 0.6) is 0 Å². The molecule has 0 amide bonds. The third-order valence-corrected chi connectivity index (χ3v) is 3.27. The molecule has 0 aromatic heterocycles. The number of hydrogen-bond acceptors (Lipinski definition) is 1. The molecule has 5 heteroatoms. The summed E-state index contributed by atoms with van der Waals surface area (Å²) < 4.78 is 38.0. The van der Waals surface area contributed by atoms with E-state index >= 15 is 0 Å². The Kier molecular flexibility index (Phi) is 4.63. The number of carbonyl (C=O) groups excluding carboxylic acids is 1. The third-order valence-electron chi connectivity index (χ3n) is 2.77. The molecular weight excluding hydrogens is 345 g/mol. The minimum absolute atomic E-state index is 0.212. The minimum Gasteiger partial charge on any atom is -0.289 e. The highest BCUT2D eigenvalue weighted by molar-refractivity contribution is 9.10. The minimum atomic E-state index is -4.35. The fourth-order valence-corrected chi connectivity index (χ4v) is 2.09. The number of benzene rings is 2. The second-order valence-electron chi connectivity index (χ2n) is 4.33. The molecule has 0 atom stereocenters. The second-order valence-corrected chi connectivity index (χ2v) is 5.24. The van der Waals surface area contributed by atoms with Gasteiger partial charge in [0.2, 0.25) is 0 Å². The summed E-state index contributed by atoms with van der Waals surface area (Å²) in [7, 11) is 0. The van der Waals surface area contributed by atoms with Crippen LogP contribution in [-0.2, 0) is 6.18 Å². The molecule has 0 aliphatic heterocycles. The van der Waals surface area contributed by atoms with E-state index in [2.05, 4.69) is 15.9 Å². The molecule has 0 unspecified atom stereocenters. The Morgan fingerprint density at radius 2 is 1.71 bits per heavy atom. The molecule has 108 valence electrons. The van der Waals surface area contributed by atoms with E-state index in [0.29, 0.717) is 11.1 Å². The van der Waals surface area contributed by atoms with Gasteiger partial charge in [-0.2, -0.15) is 13.2 Å².